The molecule has 33 heavy (non-hydrogen) atoms. The molecule has 4 rings (SSSR count). The zero-order valence-corrected chi connectivity index (χ0v) is 22.0. The summed E-state index contributed by atoms with van der Waals surface area (Å²) < 4.78 is 38.4. The van der Waals surface area contributed by atoms with Crippen molar-refractivity contribution in [1.82, 2.24) is 0 Å². The molecule has 6 atom stereocenters. The van der Waals surface area contributed by atoms with Crippen molar-refractivity contribution >= 4 is 20.3 Å². The van der Waals surface area contributed by atoms with Gasteiger partial charge in [-0.05, 0) is 45.8 Å². The molecule has 4 aliphatic rings. The Morgan fingerprint density at radius 1 is 0.848 bits per heavy atom. The lowest BCUT2D eigenvalue weighted by Gasteiger charge is -2.37. The molecule has 4 saturated heterocycles. The van der Waals surface area contributed by atoms with Crippen molar-refractivity contribution < 1.29 is 47.5 Å². The van der Waals surface area contributed by atoms with Gasteiger partial charge in [0.1, 0.15) is 12.2 Å². The van der Waals surface area contributed by atoms with Gasteiger partial charge in [-0.3, -0.25) is 0 Å². The van der Waals surface area contributed by atoms with Crippen molar-refractivity contribution in [3.05, 3.63) is 0 Å². The minimum Gasteiger partial charge on any atom is -0.455 e. The first kappa shape index (κ1) is 26.5. The molecule has 0 aromatic heterocycles. The molecule has 0 spiro atoms. The summed E-state index contributed by atoms with van der Waals surface area (Å²) in [7, 11) is -1.86. The highest BCUT2D eigenvalue weighted by Crippen LogP contribution is 2.39. The number of cyclic esters (lactones) is 2. The third kappa shape index (κ3) is 5.60. The highest BCUT2D eigenvalue weighted by molar-refractivity contribution is 6.74. The number of rotatable bonds is 4. The van der Waals surface area contributed by atoms with Crippen LogP contribution in [-0.4, -0.2) is 86.8 Å². The summed E-state index contributed by atoms with van der Waals surface area (Å²) in [5, 5.41) is 9.01. The van der Waals surface area contributed by atoms with E-state index >= 15 is 0 Å². The minimum absolute atomic E-state index is 0.126. The van der Waals surface area contributed by atoms with E-state index in [0.29, 0.717) is 6.61 Å². The van der Waals surface area contributed by atoms with Gasteiger partial charge in [0, 0.05) is 0 Å². The maximum absolute atomic E-state index is 11.8. The zero-order chi connectivity index (χ0) is 25.0. The number of hydrogen-bond acceptors (Lipinski definition) is 10. The molecule has 0 amide bonds. The Balaban J connectivity index is 0.000000203. The van der Waals surface area contributed by atoms with Crippen LogP contribution in [0.4, 0.5) is 0 Å². The quantitative estimate of drug-likeness (QED) is 0.462. The van der Waals surface area contributed by atoms with Crippen LogP contribution < -0.4 is 0 Å². The molecule has 0 aromatic rings. The molecule has 10 nitrogen and oxygen atoms in total. The first-order valence-corrected chi connectivity index (χ1v) is 14.2. The molecule has 4 fully saturated rings. The Morgan fingerprint density at radius 2 is 1.27 bits per heavy atom. The standard InChI is InChI=1S/C14H26O5Si.C8H12O5/c1-13(2,3)20(6,7)16-8-9-10-11(12(15)17-9)19-14(4,5)18-10;1-8(2)12-5-4(3-9)11-7(10)6(5)13-8/h9-11H,8H2,1-7H3;4-6,9H,3H2,1-2H3/t9-,10+,11+;4-,5+,6+/m00/s1. The largest absolute Gasteiger partial charge is 0.455 e. The van der Waals surface area contributed by atoms with E-state index < -0.39 is 50.3 Å². The normalized spacial score (nSPS) is 36.5. The predicted molar refractivity (Wildman–Crippen MR) is 118 cm³/mol. The van der Waals surface area contributed by atoms with Crippen LogP contribution in [-0.2, 0) is 42.4 Å². The van der Waals surface area contributed by atoms with Gasteiger partial charge in [0.2, 0.25) is 0 Å². The van der Waals surface area contributed by atoms with Gasteiger partial charge in [0.25, 0.3) is 0 Å². The van der Waals surface area contributed by atoms with Gasteiger partial charge in [0.05, 0.1) is 13.2 Å². The van der Waals surface area contributed by atoms with Crippen LogP contribution in [0.2, 0.25) is 18.1 Å². The Labute approximate surface area is 196 Å². The second-order valence-corrected chi connectivity index (χ2v) is 16.1. The van der Waals surface area contributed by atoms with E-state index in [4.69, 9.17) is 38.0 Å². The van der Waals surface area contributed by atoms with Crippen LogP contribution in [0.3, 0.4) is 0 Å². The van der Waals surface area contributed by atoms with E-state index in [0.717, 1.165) is 0 Å². The first-order valence-electron chi connectivity index (χ1n) is 11.3. The van der Waals surface area contributed by atoms with Crippen LogP contribution >= 0.6 is 0 Å². The van der Waals surface area contributed by atoms with Crippen LogP contribution in [0.1, 0.15) is 48.5 Å². The summed E-state index contributed by atoms with van der Waals surface area (Å²) in [6, 6.07) is 0. The average Bonchev–Trinajstić information content (AvgIpc) is 3.33. The lowest BCUT2D eigenvalue weighted by Crippen LogP contribution is -2.44. The SMILES string of the molecule is CC1(C)O[C@@H]2[C@H](CO)OC(=O)[C@@H]2O1.CC1(C)O[C@@H]2[C@H](CO[Si](C)(C)C(C)(C)C)OC(=O)[C@@H]2O1. The van der Waals surface area contributed by atoms with Gasteiger partial charge in [-0.2, -0.15) is 0 Å². The van der Waals surface area contributed by atoms with Gasteiger partial charge in [-0.1, -0.05) is 20.8 Å². The molecule has 11 heteroatoms. The van der Waals surface area contributed by atoms with Crippen molar-refractivity contribution in [3.63, 3.8) is 0 Å². The summed E-state index contributed by atoms with van der Waals surface area (Å²) in [4.78, 5) is 23.0. The number of aliphatic hydroxyl groups is 1. The molecule has 1 N–H and O–H groups in total. The first-order chi connectivity index (χ1) is 15.0. The maximum atomic E-state index is 11.8. The van der Waals surface area contributed by atoms with Crippen LogP contribution in [0, 0.1) is 0 Å². The van der Waals surface area contributed by atoms with Crippen molar-refractivity contribution in [2.75, 3.05) is 13.2 Å². The number of aliphatic hydroxyl groups excluding tert-OH is 1. The number of ether oxygens (including phenoxy) is 6. The molecule has 0 unspecified atom stereocenters. The van der Waals surface area contributed by atoms with Crippen LogP contribution in [0.15, 0.2) is 0 Å². The summed E-state index contributed by atoms with van der Waals surface area (Å²) >= 11 is 0. The maximum Gasteiger partial charge on any atom is 0.338 e. The van der Waals surface area contributed by atoms with Crippen molar-refractivity contribution in [2.45, 2.75) is 115 Å². The molecule has 0 aromatic carbocycles. The van der Waals surface area contributed by atoms with E-state index in [-0.39, 0.29) is 29.8 Å². The van der Waals surface area contributed by atoms with E-state index in [1.54, 1.807) is 13.8 Å². The van der Waals surface area contributed by atoms with Crippen molar-refractivity contribution in [1.29, 1.82) is 0 Å². The van der Waals surface area contributed by atoms with Crippen LogP contribution in [0.25, 0.3) is 0 Å². The second-order valence-electron chi connectivity index (χ2n) is 11.2. The monoisotopic (exact) mass is 490 g/mol. The third-order valence-corrected chi connectivity index (χ3v) is 11.1. The number of hydrogen-bond donors (Lipinski definition) is 1. The van der Waals surface area contributed by atoms with Gasteiger partial charge in [0.15, 0.2) is 44.3 Å². The molecule has 0 saturated carbocycles. The van der Waals surface area contributed by atoms with Crippen molar-refractivity contribution in [3.8, 4) is 0 Å². The minimum atomic E-state index is -1.86. The highest BCUT2D eigenvalue weighted by Gasteiger charge is 2.57. The van der Waals surface area contributed by atoms with E-state index in [2.05, 4.69) is 33.9 Å². The highest BCUT2D eigenvalue weighted by atomic mass is 28.4. The second kappa shape index (κ2) is 8.85. The lowest BCUT2D eigenvalue weighted by molar-refractivity contribution is -0.188. The van der Waals surface area contributed by atoms with E-state index in [1.165, 1.54) is 0 Å². The van der Waals surface area contributed by atoms with Crippen LogP contribution in [0.5, 0.6) is 0 Å². The molecule has 4 aliphatic heterocycles. The average molecular weight is 491 g/mol. The van der Waals surface area contributed by atoms with Gasteiger partial charge >= 0.3 is 11.9 Å². The molecule has 190 valence electrons. The Hall–Kier alpha value is -1.08. The van der Waals surface area contributed by atoms with Crippen molar-refractivity contribution in [2.24, 2.45) is 0 Å². The fraction of sp³-hybridized carbons (Fsp3) is 0.909. The molecular weight excluding hydrogens is 452 g/mol. The van der Waals surface area contributed by atoms with Gasteiger partial charge in [-0.25, -0.2) is 9.59 Å². The van der Waals surface area contributed by atoms with E-state index in [1.807, 2.05) is 13.8 Å². The van der Waals surface area contributed by atoms with E-state index in [9.17, 15) is 9.59 Å². The zero-order valence-electron chi connectivity index (χ0n) is 21.0. The third-order valence-electron chi connectivity index (χ3n) is 6.59. The van der Waals surface area contributed by atoms with Gasteiger partial charge < -0.3 is 38.0 Å². The lowest BCUT2D eigenvalue weighted by atomic mass is 10.1. The molecular formula is C22H38O10Si. The Kier molecular flexibility index (Phi) is 7.11. The Bertz CT molecular complexity index is 759. The Morgan fingerprint density at radius 3 is 1.70 bits per heavy atom. The number of carbonyl (C=O) groups excluding carboxylic acids is 2. The predicted octanol–water partition coefficient (Wildman–Crippen LogP) is 1.88. The smallest absolute Gasteiger partial charge is 0.338 e. The fourth-order valence-corrected chi connectivity index (χ4v) is 4.84. The number of carbonyl (C=O) groups is 2. The summed E-state index contributed by atoms with van der Waals surface area (Å²) in [6.45, 7) is 18.1. The summed E-state index contributed by atoms with van der Waals surface area (Å²) in [5.74, 6) is -2.29. The van der Waals surface area contributed by atoms with Gasteiger partial charge in [-0.15, -0.1) is 0 Å². The molecule has 0 bridgehead atoms. The topological polar surface area (TPSA) is 119 Å². The number of esters is 2. The molecule has 4 heterocycles. The summed E-state index contributed by atoms with van der Waals surface area (Å²) in [6.07, 6.45) is -3.07. The number of fused-ring (bicyclic) bond motifs is 2. The fourth-order valence-electron chi connectivity index (χ4n) is 3.83. The summed E-state index contributed by atoms with van der Waals surface area (Å²) in [5.41, 5.74) is 0. The molecule has 0 aliphatic carbocycles. The molecule has 0 radical (unpaired) electrons.